The summed E-state index contributed by atoms with van der Waals surface area (Å²) < 4.78 is 29.2. The lowest BCUT2D eigenvalue weighted by atomic mass is 10.0. The van der Waals surface area contributed by atoms with E-state index in [9.17, 15) is 42.9 Å². The van der Waals surface area contributed by atoms with E-state index >= 15 is 0 Å². The molecule has 4 N–H and O–H groups in total. The first-order chi connectivity index (χ1) is 34.6. The van der Waals surface area contributed by atoms with E-state index in [1.54, 1.807) is 53.4 Å². The normalized spacial score (nSPS) is 14.2. The summed E-state index contributed by atoms with van der Waals surface area (Å²) in [6, 6.07) is 42.4. The van der Waals surface area contributed by atoms with Gasteiger partial charge < -0.3 is 25.1 Å². The summed E-state index contributed by atoms with van der Waals surface area (Å²) >= 11 is 0. The highest BCUT2D eigenvalue weighted by Gasteiger charge is 2.21. The van der Waals surface area contributed by atoms with E-state index in [-0.39, 0.29) is 49.9 Å². The van der Waals surface area contributed by atoms with Crippen molar-refractivity contribution in [3.63, 3.8) is 0 Å². The fourth-order valence-corrected chi connectivity index (χ4v) is 9.30. The molecule has 4 amide bonds. The Morgan fingerprint density at radius 3 is 1.14 bits per heavy atom. The quantitative estimate of drug-likeness (QED) is 0.106. The molecule has 18 heteroatoms. The molecule has 0 atom stereocenters. The van der Waals surface area contributed by atoms with Crippen molar-refractivity contribution in [2.45, 2.75) is 49.8 Å². The fraction of sp³-hybridized carbons (Fsp3) is 0.259. The Labute approximate surface area is 419 Å². The number of amides is 4. The van der Waals surface area contributed by atoms with Gasteiger partial charge in [0.25, 0.3) is 0 Å². The molecule has 0 aliphatic carbocycles. The van der Waals surface area contributed by atoms with Gasteiger partial charge in [-0.15, -0.1) is 0 Å². The predicted molar refractivity (Wildman–Crippen MR) is 280 cm³/mol. The maximum atomic E-state index is 14.0. The Kier molecular flexibility index (Phi) is 17.4. The van der Waals surface area contributed by atoms with Gasteiger partial charge in [-0.1, -0.05) is 48.5 Å². The molecule has 0 aromatic heterocycles. The number of carbonyl (C=O) groups excluding carboxylic acids is 1. The minimum atomic E-state index is -3.99. The molecule has 8 bridgehead atoms. The molecule has 7 aliphatic rings. The minimum absolute atomic E-state index is 0.00372. The molecular weight excluding hydrogens is 937 g/mol. The van der Waals surface area contributed by atoms with Crippen LogP contribution < -0.4 is 29.2 Å². The molecule has 0 unspecified atom stereocenters. The van der Waals surface area contributed by atoms with E-state index in [0.29, 0.717) is 72.6 Å². The molecule has 0 saturated carbocycles. The van der Waals surface area contributed by atoms with Gasteiger partial charge in [0.05, 0.1) is 16.3 Å². The van der Waals surface area contributed by atoms with Gasteiger partial charge >= 0.3 is 18.3 Å². The first-order valence-corrected chi connectivity index (χ1v) is 25.1. The highest BCUT2D eigenvalue weighted by Crippen LogP contribution is 2.26. The molecule has 0 fully saturated rings. The Morgan fingerprint density at radius 2 is 0.806 bits per heavy atom. The van der Waals surface area contributed by atoms with Gasteiger partial charge in [0.1, 0.15) is 0 Å². The molecular formula is C54H58N8O9S. The Balaban J connectivity index is 1.06. The second kappa shape index (κ2) is 24.2. The van der Waals surface area contributed by atoms with Crippen molar-refractivity contribution in [3.05, 3.63) is 168 Å². The zero-order chi connectivity index (χ0) is 51.2. The van der Waals surface area contributed by atoms with Crippen LogP contribution in [0.1, 0.15) is 54.4 Å². The molecule has 72 heavy (non-hydrogen) atoms. The Morgan fingerprint density at radius 1 is 0.486 bits per heavy atom. The molecule has 13 rings (SSSR count). The van der Waals surface area contributed by atoms with Crippen LogP contribution in [0, 0.1) is 0 Å². The zero-order valence-electron chi connectivity index (χ0n) is 40.2. The van der Waals surface area contributed by atoms with Crippen LogP contribution in [0.15, 0.2) is 161 Å². The number of carbonyl (C=O) groups is 4. The summed E-state index contributed by atoms with van der Waals surface area (Å²) in [5, 5.41) is 38.8. The SMILES string of the molecule is CN(C)c1ccc(N=Nc2ccc(S(=O)(=O)NCCC(=O)N3CCCCN(C(=O)O)c4ccc(cc4)Cc4ccc(cc4)N(C(=O)O)CCCCN(C(=O)O)c4ccc(cc4)Cc4ccc3cc4)cc2)cc1. The van der Waals surface area contributed by atoms with Gasteiger partial charge in [0, 0.05) is 81.7 Å². The van der Waals surface area contributed by atoms with Crippen molar-refractivity contribution in [2.75, 3.05) is 71.3 Å². The Hall–Kier alpha value is -8.09. The van der Waals surface area contributed by atoms with Crippen molar-refractivity contribution in [3.8, 4) is 0 Å². The number of carboxylic acid groups (broad SMARTS) is 3. The molecule has 0 radical (unpaired) electrons. The number of sulfonamides is 1. The molecule has 0 spiro atoms. The van der Waals surface area contributed by atoms with Crippen LogP contribution >= 0.6 is 0 Å². The molecule has 6 aromatic rings. The monoisotopic (exact) mass is 994 g/mol. The van der Waals surface area contributed by atoms with Crippen LogP contribution in [0.25, 0.3) is 0 Å². The number of rotatable bonds is 8. The topological polar surface area (TPSA) is 216 Å². The maximum Gasteiger partial charge on any atom is 0.411 e. The molecule has 6 aromatic carbocycles. The summed E-state index contributed by atoms with van der Waals surface area (Å²) in [7, 11) is -0.108. The molecule has 7 heterocycles. The smallest absolute Gasteiger partial charge is 0.411 e. The predicted octanol–water partition coefficient (Wildman–Crippen LogP) is 10.8. The molecule has 7 aliphatic heterocycles. The van der Waals surface area contributed by atoms with E-state index in [1.165, 1.54) is 26.8 Å². The van der Waals surface area contributed by atoms with Gasteiger partial charge in [0.2, 0.25) is 15.9 Å². The number of anilines is 5. The van der Waals surface area contributed by atoms with Crippen molar-refractivity contribution < 1.29 is 42.9 Å². The van der Waals surface area contributed by atoms with Crippen LogP contribution in [0.2, 0.25) is 0 Å². The molecule has 17 nitrogen and oxygen atoms in total. The first kappa shape index (κ1) is 51.8. The number of benzene rings is 6. The summed E-state index contributed by atoms with van der Waals surface area (Å²) in [5.41, 5.74) is 7.87. The van der Waals surface area contributed by atoms with Crippen molar-refractivity contribution in [1.82, 2.24) is 4.72 Å². The lowest BCUT2D eigenvalue weighted by Crippen LogP contribution is -2.36. The van der Waals surface area contributed by atoms with Crippen LogP contribution in [0.3, 0.4) is 0 Å². The number of nitrogens with zero attached hydrogens (tertiary/aromatic N) is 7. The zero-order valence-corrected chi connectivity index (χ0v) is 41.0. The standard InChI is InChI=1S/C54H58N8O9S/c1-58(2)45-27-15-43(16-28-45)56-57-44-17-29-50(30-18-44)72(70,71)55-32-31-51(63)59-33-3-4-34-60(52(64)65)47-21-11-41(12-22-47)38-42-13-25-49(26-14-42)62(54(68)69)36-6-5-35-61(53(66)67)48-23-9-40(10-24-48)37-39-7-19-46(59)20-8-39/h7-30,55H,3-6,31-38H2,1-2H3,(H,64,65)(H,66,67)(H,68,69). The second-order valence-corrected chi connectivity index (χ2v) is 19.3. The van der Waals surface area contributed by atoms with Crippen LogP contribution in [0.5, 0.6) is 0 Å². The highest BCUT2D eigenvalue weighted by molar-refractivity contribution is 7.89. The van der Waals surface area contributed by atoms with Gasteiger partial charge in [-0.25, -0.2) is 27.5 Å². The first-order valence-electron chi connectivity index (χ1n) is 23.6. The van der Waals surface area contributed by atoms with Crippen molar-refractivity contribution >= 4 is 74.0 Å². The number of hydrogen-bond donors (Lipinski definition) is 4. The van der Waals surface area contributed by atoms with E-state index < -0.39 is 28.3 Å². The van der Waals surface area contributed by atoms with E-state index in [1.807, 2.05) is 104 Å². The van der Waals surface area contributed by atoms with Crippen molar-refractivity contribution in [2.24, 2.45) is 10.2 Å². The third-order valence-electron chi connectivity index (χ3n) is 12.3. The molecule has 0 saturated heterocycles. The summed E-state index contributed by atoms with van der Waals surface area (Å²) in [5.74, 6) is -0.330. The van der Waals surface area contributed by atoms with Gasteiger partial charge in [-0.3, -0.25) is 19.5 Å². The second-order valence-electron chi connectivity index (χ2n) is 17.5. The maximum absolute atomic E-state index is 14.0. The largest absolute Gasteiger partial charge is 0.465 e. The lowest BCUT2D eigenvalue weighted by Gasteiger charge is -2.25. The van der Waals surface area contributed by atoms with Crippen LogP contribution in [-0.2, 0) is 27.7 Å². The number of azo groups is 1. The fourth-order valence-electron chi connectivity index (χ4n) is 8.26. The third-order valence-corrected chi connectivity index (χ3v) is 13.7. The van der Waals surface area contributed by atoms with Gasteiger partial charge in [-0.05, 0) is 158 Å². The summed E-state index contributed by atoms with van der Waals surface area (Å²) in [6.07, 6.45) is -0.786. The number of hydrogen-bond acceptors (Lipinski definition) is 9. The van der Waals surface area contributed by atoms with Gasteiger partial charge in [0.15, 0.2) is 0 Å². The Bertz CT molecular complexity index is 2940. The summed E-state index contributed by atoms with van der Waals surface area (Å²) in [6.45, 7) is 0.562. The van der Waals surface area contributed by atoms with E-state index in [0.717, 1.165) is 27.9 Å². The van der Waals surface area contributed by atoms with E-state index in [2.05, 4.69) is 15.0 Å². The third kappa shape index (κ3) is 14.0. The summed E-state index contributed by atoms with van der Waals surface area (Å²) in [4.78, 5) is 58.4. The average Bonchev–Trinajstić information content (AvgIpc) is 3.36. The highest BCUT2D eigenvalue weighted by atomic mass is 32.2. The minimum Gasteiger partial charge on any atom is -0.465 e. The van der Waals surface area contributed by atoms with E-state index in [4.69, 9.17) is 0 Å². The van der Waals surface area contributed by atoms with Crippen LogP contribution in [0.4, 0.5) is 54.2 Å². The lowest BCUT2D eigenvalue weighted by molar-refractivity contribution is -0.118. The number of nitrogens with one attached hydrogen (secondary N) is 1. The van der Waals surface area contributed by atoms with Crippen LogP contribution in [-0.4, -0.2) is 94.7 Å². The average molecular weight is 995 g/mol. The molecule has 374 valence electrons. The van der Waals surface area contributed by atoms with Crippen molar-refractivity contribution in [1.29, 1.82) is 0 Å². The van der Waals surface area contributed by atoms with Gasteiger partial charge in [-0.2, -0.15) is 10.2 Å².